The van der Waals surface area contributed by atoms with Crippen molar-refractivity contribution in [2.24, 2.45) is 5.92 Å². The summed E-state index contributed by atoms with van der Waals surface area (Å²) >= 11 is 1.53. The zero-order chi connectivity index (χ0) is 21.1. The highest BCUT2D eigenvalue weighted by atomic mass is 32.1. The number of likely N-dealkylation sites (tertiary alicyclic amines) is 1. The number of fused-ring (bicyclic) bond motifs is 1. The van der Waals surface area contributed by atoms with E-state index in [4.69, 9.17) is 9.47 Å². The fraction of sp³-hybridized carbons (Fsp3) is 0.476. The minimum Gasteiger partial charge on any atom is -0.486 e. The number of ether oxygens (including phenoxy) is 2. The van der Waals surface area contributed by atoms with E-state index in [2.05, 4.69) is 0 Å². The summed E-state index contributed by atoms with van der Waals surface area (Å²) in [6, 6.07) is 9.15. The van der Waals surface area contributed by atoms with Crippen molar-refractivity contribution in [1.82, 2.24) is 4.90 Å². The van der Waals surface area contributed by atoms with E-state index in [0.717, 1.165) is 4.88 Å². The van der Waals surface area contributed by atoms with Gasteiger partial charge in [0.25, 0.3) is 0 Å². The first kappa shape index (κ1) is 21.0. The molecule has 0 aliphatic carbocycles. The Kier molecular flexibility index (Phi) is 6.19. The van der Waals surface area contributed by atoms with Gasteiger partial charge in [-0.15, -0.1) is 11.3 Å². The largest absolute Gasteiger partial charge is 0.486 e. The Morgan fingerprint density at radius 3 is 2.73 bits per heavy atom. The van der Waals surface area contributed by atoms with Crippen LogP contribution in [-0.2, 0) is 11.3 Å². The topological polar surface area (TPSA) is 42.0 Å². The highest BCUT2D eigenvalue weighted by molar-refractivity contribution is 7.09. The molecule has 2 aliphatic heterocycles. The van der Waals surface area contributed by atoms with Gasteiger partial charge in [0.1, 0.15) is 13.2 Å². The summed E-state index contributed by atoms with van der Waals surface area (Å²) < 4.78 is 50.6. The van der Waals surface area contributed by atoms with Crippen LogP contribution in [0.15, 0.2) is 35.7 Å². The van der Waals surface area contributed by atoms with Gasteiger partial charge in [0.2, 0.25) is 5.91 Å². The van der Waals surface area contributed by atoms with E-state index in [1.54, 1.807) is 28.0 Å². The fourth-order valence-corrected chi connectivity index (χ4v) is 4.52. The Hall–Kier alpha value is -2.26. The molecular formula is C21H23F3N2O3S. The van der Waals surface area contributed by atoms with Crippen LogP contribution < -0.4 is 14.4 Å². The molecule has 4 rings (SSSR count). The van der Waals surface area contributed by atoms with Gasteiger partial charge in [-0.3, -0.25) is 9.69 Å². The lowest BCUT2D eigenvalue weighted by atomic mass is 9.97. The molecule has 2 aliphatic rings. The summed E-state index contributed by atoms with van der Waals surface area (Å²) in [5.41, 5.74) is 0.641. The average molecular weight is 440 g/mol. The molecule has 1 amide bonds. The predicted octanol–water partition coefficient (Wildman–Crippen LogP) is 4.33. The van der Waals surface area contributed by atoms with Gasteiger partial charge in [0, 0.05) is 23.2 Å². The molecule has 1 aromatic heterocycles. The molecule has 2 aromatic rings. The van der Waals surface area contributed by atoms with Crippen molar-refractivity contribution in [2.75, 3.05) is 37.7 Å². The third kappa shape index (κ3) is 4.89. The predicted molar refractivity (Wildman–Crippen MR) is 108 cm³/mol. The van der Waals surface area contributed by atoms with Gasteiger partial charge in [-0.25, -0.2) is 0 Å². The van der Waals surface area contributed by atoms with Gasteiger partial charge in [-0.05, 0) is 43.0 Å². The lowest BCUT2D eigenvalue weighted by molar-refractivity contribution is -0.187. The standard InChI is InChI=1S/C21H23F3N2O3S/c22-21(23,24)15-3-1-7-25(12-15)14-20(27)26(13-17-4-2-10-30-17)16-5-6-18-19(11-16)29-9-8-28-18/h2,4-6,10-11,15H,1,3,7-9,12-14H2/t15-/m0/s1. The number of piperidine rings is 1. The highest BCUT2D eigenvalue weighted by Gasteiger charge is 2.42. The van der Waals surface area contributed by atoms with Gasteiger partial charge in [0.15, 0.2) is 11.5 Å². The summed E-state index contributed by atoms with van der Waals surface area (Å²) in [5, 5.41) is 1.93. The number of nitrogens with zero attached hydrogens (tertiary/aromatic N) is 2. The molecule has 1 aromatic carbocycles. The van der Waals surface area contributed by atoms with E-state index in [-0.39, 0.29) is 25.4 Å². The number of alkyl halides is 3. The average Bonchev–Trinajstić information content (AvgIpc) is 3.24. The smallest absolute Gasteiger partial charge is 0.393 e. The van der Waals surface area contributed by atoms with Crippen LogP contribution in [0.1, 0.15) is 17.7 Å². The Morgan fingerprint density at radius 1 is 1.20 bits per heavy atom. The second-order valence-electron chi connectivity index (χ2n) is 7.50. The van der Waals surface area contributed by atoms with Crippen LogP contribution in [0.3, 0.4) is 0 Å². The molecule has 1 atom stereocenters. The Balaban J connectivity index is 1.53. The van der Waals surface area contributed by atoms with Crippen LogP contribution in [0, 0.1) is 5.92 Å². The van der Waals surface area contributed by atoms with Crippen LogP contribution in [0.25, 0.3) is 0 Å². The van der Waals surface area contributed by atoms with Gasteiger partial charge >= 0.3 is 6.18 Å². The lowest BCUT2D eigenvalue weighted by Crippen LogP contribution is -2.47. The number of hydrogen-bond donors (Lipinski definition) is 0. The monoisotopic (exact) mass is 440 g/mol. The zero-order valence-electron chi connectivity index (χ0n) is 16.4. The summed E-state index contributed by atoms with van der Waals surface area (Å²) in [6.07, 6.45) is -3.67. The molecule has 5 nitrogen and oxygen atoms in total. The summed E-state index contributed by atoms with van der Waals surface area (Å²) in [6.45, 7) is 1.57. The third-order valence-electron chi connectivity index (χ3n) is 5.36. The van der Waals surface area contributed by atoms with Crippen LogP contribution in [-0.4, -0.2) is 49.8 Å². The van der Waals surface area contributed by atoms with E-state index < -0.39 is 12.1 Å². The molecule has 162 valence electrons. The first-order chi connectivity index (χ1) is 14.4. The second kappa shape index (κ2) is 8.85. The number of anilines is 1. The zero-order valence-corrected chi connectivity index (χ0v) is 17.2. The summed E-state index contributed by atoms with van der Waals surface area (Å²) in [7, 11) is 0. The van der Waals surface area contributed by atoms with E-state index in [0.29, 0.717) is 49.9 Å². The molecule has 0 spiro atoms. The number of halogens is 3. The molecule has 0 saturated carbocycles. The van der Waals surface area contributed by atoms with E-state index in [1.807, 2.05) is 17.5 Å². The molecular weight excluding hydrogens is 417 g/mol. The van der Waals surface area contributed by atoms with Crippen molar-refractivity contribution < 1.29 is 27.4 Å². The molecule has 1 saturated heterocycles. The Morgan fingerprint density at radius 2 is 2.00 bits per heavy atom. The minimum absolute atomic E-state index is 0.0492. The van der Waals surface area contributed by atoms with Gasteiger partial charge < -0.3 is 14.4 Å². The molecule has 0 bridgehead atoms. The van der Waals surface area contributed by atoms with Crippen molar-refractivity contribution in [3.05, 3.63) is 40.6 Å². The van der Waals surface area contributed by atoms with Crippen molar-refractivity contribution in [3.8, 4) is 11.5 Å². The number of hydrogen-bond acceptors (Lipinski definition) is 5. The van der Waals surface area contributed by atoms with E-state index in [9.17, 15) is 18.0 Å². The number of amides is 1. The maximum absolute atomic E-state index is 13.2. The molecule has 9 heteroatoms. The number of carbonyl (C=O) groups excluding carboxylic acids is 1. The fourth-order valence-electron chi connectivity index (χ4n) is 3.82. The van der Waals surface area contributed by atoms with Crippen molar-refractivity contribution in [3.63, 3.8) is 0 Å². The molecule has 30 heavy (non-hydrogen) atoms. The minimum atomic E-state index is -4.23. The molecule has 0 unspecified atom stereocenters. The molecule has 1 fully saturated rings. The first-order valence-electron chi connectivity index (χ1n) is 9.91. The van der Waals surface area contributed by atoms with Crippen molar-refractivity contribution in [2.45, 2.75) is 25.6 Å². The summed E-state index contributed by atoms with van der Waals surface area (Å²) in [5.74, 6) is -0.419. The maximum atomic E-state index is 13.2. The van der Waals surface area contributed by atoms with Crippen molar-refractivity contribution in [1.29, 1.82) is 0 Å². The second-order valence-corrected chi connectivity index (χ2v) is 8.54. The normalized spacial score (nSPS) is 19.5. The Labute approximate surface area is 177 Å². The maximum Gasteiger partial charge on any atom is 0.393 e. The molecule has 3 heterocycles. The first-order valence-corrected chi connectivity index (χ1v) is 10.8. The number of thiophene rings is 1. The third-order valence-corrected chi connectivity index (χ3v) is 6.22. The van der Waals surface area contributed by atoms with E-state index >= 15 is 0 Å². The van der Waals surface area contributed by atoms with Crippen LogP contribution in [0.5, 0.6) is 11.5 Å². The van der Waals surface area contributed by atoms with Crippen LogP contribution in [0.4, 0.5) is 18.9 Å². The van der Waals surface area contributed by atoms with E-state index in [1.165, 1.54) is 11.3 Å². The van der Waals surface area contributed by atoms with Crippen LogP contribution >= 0.6 is 11.3 Å². The number of rotatable bonds is 5. The number of benzene rings is 1. The van der Waals surface area contributed by atoms with Crippen molar-refractivity contribution >= 4 is 22.9 Å². The van der Waals surface area contributed by atoms with Gasteiger partial charge in [-0.2, -0.15) is 13.2 Å². The highest BCUT2D eigenvalue weighted by Crippen LogP contribution is 2.36. The lowest BCUT2D eigenvalue weighted by Gasteiger charge is -2.34. The number of carbonyl (C=O) groups is 1. The van der Waals surface area contributed by atoms with Gasteiger partial charge in [0.05, 0.1) is 19.0 Å². The van der Waals surface area contributed by atoms with Crippen LogP contribution in [0.2, 0.25) is 0 Å². The summed E-state index contributed by atoms with van der Waals surface area (Å²) in [4.78, 5) is 17.4. The quantitative estimate of drug-likeness (QED) is 0.694. The van der Waals surface area contributed by atoms with Gasteiger partial charge in [-0.1, -0.05) is 6.07 Å². The SMILES string of the molecule is O=C(CN1CCC[C@H](C(F)(F)F)C1)N(Cc1cccs1)c1ccc2c(c1)OCCO2. The Bertz CT molecular complexity index is 873. The molecule has 0 radical (unpaired) electrons. The molecule has 0 N–H and O–H groups in total.